The summed E-state index contributed by atoms with van der Waals surface area (Å²) < 4.78 is 2.46. The Bertz CT molecular complexity index is 934. The molecular formula is C15H12N2O3S2. The van der Waals surface area contributed by atoms with E-state index in [2.05, 4.69) is 4.99 Å². The predicted octanol–water partition coefficient (Wildman–Crippen LogP) is 2.90. The zero-order valence-electron chi connectivity index (χ0n) is 11.6. The maximum Gasteiger partial charge on any atom is 0.323 e. The van der Waals surface area contributed by atoms with E-state index in [1.807, 2.05) is 37.3 Å². The summed E-state index contributed by atoms with van der Waals surface area (Å²) in [7, 11) is 0. The number of thiazole rings is 1. The van der Waals surface area contributed by atoms with Crippen molar-refractivity contribution in [3.63, 3.8) is 0 Å². The zero-order chi connectivity index (χ0) is 15.7. The lowest BCUT2D eigenvalue weighted by molar-refractivity contribution is -0.137. The van der Waals surface area contributed by atoms with Gasteiger partial charge in [0.2, 0.25) is 0 Å². The zero-order valence-corrected chi connectivity index (χ0v) is 13.3. The summed E-state index contributed by atoms with van der Waals surface area (Å²) in [5.41, 5.74) is 0.767. The van der Waals surface area contributed by atoms with Crippen LogP contribution in [0, 0.1) is 6.92 Å². The molecule has 0 bridgehead atoms. The highest BCUT2D eigenvalue weighted by Gasteiger charge is 2.12. The van der Waals surface area contributed by atoms with Gasteiger partial charge in [0.05, 0.1) is 15.1 Å². The highest BCUT2D eigenvalue weighted by molar-refractivity contribution is 7.16. The molecule has 3 aromatic rings. The third-order valence-corrected chi connectivity index (χ3v) is 5.08. The van der Waals surface area contributed by atoms with E-state index in [0.29, 0.717) is 9.68 Å². The number of hydrogen-bond acceptors (Lipinski definition) is 4. The fraction of sp³-hybridized carbons (Fsp3) is 0.133. The van der Waals surface area contributed by atoms with Crippen molar-refractivity contribution in [2.45, 2.75) is 13.5 Å². The summed E-state index contributed by atoms with van der Waals surface area (Å²) in [4.78, 5) is 29.4. The van der Waals surface area contributed by atoms with Gasteiger partial charge in [-0.2, -0.15) is 4.99 Å². The van der Waals surface area contributed by atoms with Gasteiger partial charge in [0.25, 0.3) is 5.91 Å². The number of carbonyl (C=O) groups excluding carboxylic acids is 1. The number of nitrogens with zero attached hydrogens (tertiary/aromatic N) is 2. The lowest BCUT2D eigenvalue weighted by Gasteiger charge is -2.00. The van der Waals surface area contributed by atoms with Crippen molar-refractivity contribution in [3.05, 3.63) is 51.0 Å². The van der Waals surface area contributed by atoms with Crippen LogP contribution in [0.15, 0.2) is 41.4 Å². The molecule has 0 saturated carbocycles. The maximum absolute atomic E-state index is 12.2. The minimum absolute atomic E-state index is 0.223. The summed E-state index contributed by atoms with van der Waals surface area (Å²) >= 11 is 2.69. The third kappa shape index (κ3) is 2.86. The number of carbonyl (C=O) groups is 2. The Balaban J connectivity index is 2.14. The van der Waals surface area contributed by atoms with E-state index in [0.717, 1.165) is 15.1 Å². The average molecular weight is 332 g/mol. The molecule has 22 heavy (non-hydrogen) atoms. The van der Waals surface area contributed by atoms with Gasteiger partial charge < -0.3 is 9.67 Å². The van der Waals surface area contributed by atoms with Crippen molar-refractivity contribution in [2.75, 3.05) is 0 Å². The quantitative estimate of drug-likeness (QED) is 0.801. The molecule has 1 aromatic carbocycles. The average Bonchev–Trinajstić information content (AvgIpc) is 3.04. The van der Waals surface area contributed by atoms with E-state index in [4.69, 9.17) is 5.11 Å². The molecule has 5 nitrogen and oxygen atoms in total. The van der Waals surface area contributed by atoms with Crippen LogP contribution in [-0.2, 0) is 11.3 Å². The minimum Gasteiger partial charge on any atom is -0.480 e. The number of aromatic nitrogens is 1. The number of hydrogen-bond donors (Lipinski definition) is 1. The molecule has 3 rings (SSSR count). The third-order valence-electron chi connectivity index (χ3n) is 3.03. The van der Waals surface area contributed by atoms with Crippen LogP contribution in [0.3, 0.4) is 0 Å². The fourth-order valence-electron chi connectivity index (χ4n) is 2.09. The molecule has 0 aliphatic heterocycles. The number of aliphatic carboxylic acids is 1. The van der Waals surface area contributed by atoms with Crippen molar-refractivity contribution in [2.24, 2.45) is 4.99 Å². The second-order valence-corrected chi connectivity index (χ2v) is 6.96. The Hall–Kier alpha value is -2.25. The number of para-hydroxylation sites is 1. The molecule has 1 amide bonds. The van der Waals surface area contributed by atoms with Crippen molar-refractivity contribution < 1.29 is 14.7 Å². The fourth-order valence-corrected chi connectivity index (χ4v) is 3.87. The first-order valence-electron chi connectivity index (χ1n) is 6.50. The van der Waals surface area contributed by atoms with Gasteiger partial charge in [0.1, 0.15) is 6.54 Å². The van der Waals surface area contributed by atoms with Gasteiger partial charge in [-0.3, -0.25) is 9.59 Å². The molecule has 0 saturated heterocycles. The Morgan fingerprint density at radius 1 is 1.18 bits per heavy atom. The van der Waals surface area contributed by atoms with E-state index < -0.39 is 5.97 Å². The van der Waals surface area contributed by atoms with Gasteiger partial charge in [-0.25, -0.2) is 0 Å². The second-order valence-electron chi connectivity index (χ2n) is 4.66. The second kappa shape index (κ2) is 5.86. The van der Waals surface area contributed by atoms with E-state index in [9.17, 15) is 9.59 Å². The van der Waals surface area contributed by atoms with Crippen molar-refractivity contribution in [3.8, 4) is 0 Å². The van der Waals surface area contributed by atoms with E-state index >= 15 is 0 Å². The Morgan fingerprint density at radius 2 is 1.95 bits per heavy atom. The number of fused-ring (bicyclic) bond motifs is 1. The highest BCUT2D eigenvalue weighted by atomic mass is 32.1. The van der Waals surface area contributed by atoms with Gasteiger partial charge in [-0.05, 0) is 31.2 Å². The lowest BCUT2D eigenvalue weighted by atomic mass is 10.3. The van der Waals surface area contributed by atoms with Crippen molar-refractivity contribution in [1.29, 1.82) is 0 Å². The molecule has 0 unspecified atom stereocenters. The summed E-state index contributed by atoms with van der Waals surface area (Å²) in [5.74, 6) is -1.31. The standard InChI is InChI=1S/C15H12N2O3S2/c1-9-6-7-12(21-9)14(20)16-15-17(8-13(18)19)10-4-2-3-5-11(10)22-15/h2-7H,8H2,1H3,(H,18,19). The van der Waals surface area contributed by atoms with Gasteiger partial charge in [-0.1, -0.05) is 23.5 Å². The topological polar surface area (TPSA) is 71.7 Å². The Morgan fingerprint density at radius 3 is 2.64 bits per heavy atom. The molecule has 0 aliphatic rings. The van der Waals surface area contributed by atoms with E-state index in [1.165, 1.54) is 22.7 Å². The molecule has 0 spiro atoms. The van der Waals surface area contributed by atoms with Gasteiger partial charge >= 0.3 is 5.97 Å². The molecule has 0 radical (unpaired) electrons. The van der Waals surface area contributed by atoms with Gasteiger partial charge in [0, 0.05) is 4.88 Å². The number of thiophene rings is 1. The summed E-state index contributed by atoms with van der Waals surface area (Å²) in [5, 5.41) is 9.08. The van der Waals surface area contributed by atoms with Crippen LogP contribution in [0.2, 0.25) is 0 Å². The summed E-state index contributed by atoms with van der Waals surface area (Å²) in [6.45, 7) is 1.70. The van der Waals surface area contributed by atoms with Crippen LogP contribution in [0.5, 0.6) is 0 Å². The van der Waals surface area contributed by atoms with Crippen LogP contribution < -0.4 is 4.80 Å². The molecule has 2 aromatic heterocycles. The molecule has 7 heteroatoms. The number of rotatable bonds is 3. The van der Waals surface area contributed by atoms with Gasteiger partial charge in [-0.15, -0.1) is 11.3 Å². The molecular weight excluding hydrogens is 320 g/mol. The predicted molar refractivity (Wildman–Crippen MR) is 86.4 cm³/mol. The van der Waals surface area contributed by atoms with E-state index in [-0.39, 0.29) is 12.5 Å². The van der Waals surface area contributed by atoms with Crippen LogP contribution in [0.1, 0.15) is 14.5 Å². The number of aryl methyl sites for hydroxylation is 1. The van der Waals surface area contributed by atoms with Crippen LogP contribution in [0.25, 0.3) is 10.2 Å². The number of benzene rings is 1. The van der Waals surface area contributed by atoms with E-state index in [1.54, 1.807) is 10.6 Å². The highest BCUT2D eigenvalue weighted by Crippen LogP contribution is 2.18. The van der Waals surface area contributed by atoms with Crippen LogP contribution in [0.4, 0.5) is 0 Å². The normalized spacial score (nSPS) is 12.0. The maximum atomic E-state index is 12.2. The number of carboxylic acids is 1. The Kier molecular flexibility index (Phi) is 3.91. The largest absolute Gasteiger partial charge is 0.480 e. The molecule has 1 N–H and O–H groups in total. The van der Waals surface area contributed by atoms with Gasteiger partial charge in [0.15, 0.2) is 4.80 Å². The molecule has 0 atom stereocenters. The number of carboxylic acid groups (broad SMARTS) is 1. The number of amides is 1. The molecule has 112 valence electrons. The monoisotopic (exact) mass is 332 g/mol. The lowest BCUT2D eigenvalue weighted by Crippen LogP contribution is -2.21. The summed E-state index contributed by atoms with van der Waals surface area (Å²) in [6, 6.07) is 11.0. The molecule has 0 fully saturated rings. The first-order valence-corrected chi connectivity index (χ1v) is 8.13. The molecule has 0 aliphatic carbocycles. The van der Waals surface area contributed by atoms with Crippen LogP contribution >= 0.6 is 22.7 Å². The van der Waals surface area contributed by atoms with Crippen molar-refractivity contribution in [1.82, 2.24) is 4.57 Å². The first-order chi connectivity index (χ1) is 10.5. The minimum atomic E-state index is -0.968. The molecule has 2 heterocycles. The first kappa shape index (κ1) is 14.7. The van der Waals surface area contributed by atoms with Crippen molar-refractivity contribution >= 4 is 44.8 Å². The van der Waals surface area contributed by atoms with Crippen LogP contribution in [-0.4, -0.2) is 21.6 Å². The Labute approximate surface area is 133 Å². The smallest absolute Gasteiger partial charge is 0.323 e. The SMILES string of the molecule is Cc1ccc(C(=O)N=c2sc3ccccc3n2CC(=O)O)s1. The summed E-state index contributed by atoms with van der Waals surface area (Å²) in [6.07, 6.45) is 0.